The normalized spacial score (nSPS) is 12.3. The minimum absolute atomic E-state index is 0.000673. The number of rotatable bonds is 6. The molecule has 196 valence electrons. The number of hydrogen-bond donors (Lipinski definition) is 2. The number of aliphatic hydroxyl groups is 1. The molecule has 0 aliphatic heterocycles. The van der Waals surface area contributed by atoms with Gasteiger partial charge in [-0.2, -0.15) is 18.3 Å². The minimum Gasteiger partial charge on any atom is -0.396 e. The lowest BCUT2D eigenvalue weighted by Crippen LogP contribution is -2.12. The number of nitrogens with zero attached hydrogens (tertiary/aromatic N) is 4. The van der Waals surface area contributed by atoms with Gasteiger partial charge < -0.3 is 10.8 Å². The van der Waals surface area contributed by atoms with E-state index in [1.165, 1.54) is 25.4 Å². The Morgan fingerprint density at radius 1 is 1.11 bits per heavy atom. The number of hydrogen-bond acceptors (Lipinski definition) is 6. The molecule has 0 aliphatic rings. The van der Waals surface area contributed by atoms with Gasteiger partial charge in [-0.1, -0.05) is 37.1 Å². The first-order valence-corrected chi connectivity index (χ1v) is 11.9. The van der Waals surface area contributed by atoms with Gasteiger partial charge >= 0.3 is 6.18 Å². The Labute approximate surface area is 217 Å². The lowest BCUT2D eigenvalue weighted by molar-refractivity contribution is -0.138. The molecule has 3 N–H and O–H groups in total. The average molecular weight is 522 g/mol. The summed E-state index contributed by atoms with van der Waals surface area (Å²) in [4.78, 5) is 21.1. The zero-order valence-electron chi connectivity index (χ0n) is 21.1. The van der Waals surface area contributed by atoms with Gasteiger partial charge in [0.1, 0.15) is 17.8 Å². The molecule has 2 aromatic carbocycles. The molecule has 0 amide bonds. The molecule has 38 heavy (non-hydrogen) atoms. The summed E-state index contributed by atoms with van der Waals surface area (Å²) < 4.78 is 41.5. The first-order chi connectivity index (χ1) is 18.0. The second-order valence-electron chi connectivity index (χ2n) is 9.30. The highest BCUT2D eigenvalue weighted by Crippen LogP contribution is 2.32. The number of ketones is 1. The summed E-state index contributed by atoms with van der Waals surface area (Å²) in [6.45, 7) is 5.49. The monoisotopic (exact) mass is 521 g/mol. The number of nitrogens with two attached hydrogens (primary N) is 1. The Morgan fingerprint density at radius 2 is 1.84 bits per heavy atom. The second-order valence-corrected chi connectivity index (χ2v) is 9.30. The quantitative estimate of drug-likeness (QED) is 0.286. The average Bonchev–Trinajstić information content (AvgIpc) is 3.22. The van der Waals surface area contributed by atoms with Crippen molar-refractivity contribution in [3.05, 3.63) is 81.8 Å². The largest absolute Gasteiger partial charge is 0.416 e. The van der Waals surface area contributed by atoms with Gasteiger partial charge in [0.15, 0.2) is 11.4 Å². The number of Topliss-reactive ketones (excluding diaryl/α,β-unsaturated/α-hetero) is 1. The molecule has 0 bridgehead atoms. The molecule has 2 heterocycles. The molecular formula is C28H26F3N5O2. The van der Waals surface area contributed by atoms with Crippen LogP contribution in [0.5, 0.6) is 0 Å². The second kappa shape index (κ2) is 10.6. The van der Waals surface area contributed by atoms with Crippen molar-refractivity contribution < 1.29 is 23.1 Å². The first-order valence-electron chi connectivity index (χ1n) is 11.9. The number of anilines is 1. The van der Waals surface area contributed by atoms with Crippen molar-refractivity contribution in [2.24, 2.45) is 5.92 Å². The van der Waals surface area contributed by atoms with Gasteiger partial charge in [0.05, 0.1) is 10.9 Å². The van der Waals surface area contributed by atoms with E-state index in [0.29, 0.717) is 34.4 Å². The highest BCUT2D eigenvalue weighted by atomic mass is 19.4. The third-order valence-corrected chi connectivity index (χ3v) is 6.20. The molecule has 0 fully saturated rings. The van der Waals surface area contributed by atoms with Crippen LogP contribution in [0, 0.1) is 31.6 Å². The van der Waals surface area contributed by atoms with E-state index in [1.54, 1.807) is 22.9 Å². The van der Waals surface area contributed by atoms with Crippen molar-refractivity contribution in [1.29, 1.82) is 0 Å². The molecule has 0 spiro atoms. The third kappa shape index (κ3) is 5.68. The van der Waals surface area contributed by atoms with E-state index in [-0.39, 0.29) is 35.9 Å². The van der Waals surface area contributed by atoms with E-state index in [9.17, 15) is 23.1 Å². The number of aliphatic hydroxyl groups excluding tert-OH is 1. The summed E-state index contributed by atoms with van der Waals surface area (Å²) in [6.07, 6.45) is -3.27. The van der Waals surface area contributed by atoms with Crippen LogP contribution in [0.4, 0.5) is 19.0 Å². The topological polar surface area (TPSA) is 107 Å². The van der Waals surface area contributed by atoms with E-state index in [1.807, 2.05) is 13.8 Å². The third-order valence-electron chi connectivity index (χ3n) is 6.20. The van der Waals surface area contributed by atoms with Crippen LogP contribution in [0.25, 0.3) is 11.0 Å². The maximum Gasteiger partial charge on any atom is 0.416 e. The van der Waals surface area contributed by atoms with Crippen LogP contribution in [-0.2, 0) is 19.1 Å². The van der Waals surface area contributed by atoms with Gasteiger partial charge in [-0.15, -0.1) is 0 Å². The number of aromatic nitrogens is 4. The van der Waals surface area contributed by atoms with Gasteiger partial charge in [0.25, 0.3) is 0 Å². The van der Waals surface area contributed by atoms with Gasteiger partial charge in [-0.25, -0.2) is 14.6 Å². The number of aryl methyl sites for hydroxylation is 2. The van der Waals surface area contributed by atoms with E-state index in [4.69, 9.17) is 5.73 Å². The molecule has 0 saturated carbocycles. The Bertz CT molecular complexity index is 1580. The maximum absolute atomic E-state index is 13.3. The Hall–Kier alpha value is -4.23. The fraction of sp³-hybridized carbons (Fsp3) is 0.286. The van der Waals surface area contributed by atoms with Crippen molar-refractivity contribution in [3.63, 3.8) is 0 Å². The summed E-state index contributed by atoms with van der Waals surface area (Å²) in [5, 5.41) is 14.5. The minimum atomic E-state index is -4.53. The highest BCUT2D eigenvalue weighted by Gasteiger charge is 2.33. The summed E-state index contributed by atoms with van der Waals surface area (Å²) in [5.74, 6) is 5.84. The summed E-state index contributed by atoms with van der Waals surface area (Å²) in [5.41, 5.74) is 8.33. The first kappa shape index (κ1) is 26.8. The predicted molar refractivity (Wildman–Crippen MR) is 137 cm³/mol. The van der Waals surface area contributed by atoms with Crippen LogP contribution in [0.2, 0.25) is 0 Å². The van der Waals surface area contributed by atoms with Gasteiger partial charge in [-0.05, 0) is 54.5 Å². The SMILES string of the molecule is Cc1ccc(CC(=O)c2ccc(C)c(C(F)(F)F)c2)cc1C#Cc1nn(C[C@H](C)CO)c2ncnc(N)c12. The van der Waals surface area contributed by atoms with Crippen molar-refractivity contribution >= 4 is 22.6 Å². The van der Waals surface area contributed by atoms with Gasteiger partial charge in [-0.3, -0.25) is 4.79 Å². The number of fused-ring (bicyclic) bond motifs is 1. The van der Waals surface area contributed by atoms with E-state index >= 15 is 0 Å². The fourth-order valence-electron chi connectivity index (χ4n) is 4.03. The molecule has 0 saturated heterocycles. The molecular weight excluding hydrogens is 495 g/mol. The Morgan fingerprint density at radius 3 is 2.55 bits per heavy atom. The maximum atomic E-state index is 13.3. The lowest BCUT2D eigenvalue weighted by Gasteiger charge is -2.12. The number of nitrogen functional groups attached to an aromatic ring is 1. The van der Waals surface area contributed by atoms with E-state index in [0.717, 1.165) is 11.6 Å². The zero-order chi connectivity index (χ0) is 27.6. The Kier molecular flexibility index (Phi) is 7.51. The molecule has 4 rings (SSSR count). The van der Waals surface area contributed by atoms with Crippen LogP contribution >= 0.6 is 0 Å². The van der Waals surface area contributed by atoms with Crippen LogP contribution in [0.15, 0.2) is 42.7 Å². The van der Waals surface area contributed by atoms with Crippen molar-refractivity contribution in [2.45, 2.75) is 39.9 Å². The molecule has 2 aromatic heterocycles. The molecule has 7 nitrogen and oxygen atoms in total. The summed E-state index contributed by atoms with van der Waals surface area (Å²) in [7, 11) is 0. The number of carbonyl (C=O) groups is 1. The van der Waals surface area contributed by atoms with E-state index < -0.39 is 17.5 Å². The lowest BCUT2D eigenvalue weighted by atomic mass is 9.96. The molecule has 1 atom stereocenters. The number of alkyl halides is 3. The fourth-order valence-corrected chi connectivity index (χ4v) is 4.03. The predicted octanol–water partition coefficient (Wildman–Crippen LogP) is 4.50. The Balaban J connectivity index is 1.64. The highest BCUT2D eigenvalue weighted by molar-refractivity contribution is 5.98. The van der Waals surface area contributed by atoms with Crippen LogP contribution in [0.3, 0.4) is 0 Å². The number of carbonyl (C=O) groups excluding carboxylic acids is 1. The van der Waals surface area contributed by atoms with Gasteiger partial charge in [0.2, 0.25) is 0 Å². The standard InChI is InChI=1S/C28H26F3N5O2/c1-16(14-37)13-36-27-25(26(32)33-15-34-27)23(35-36)9-8-20-10-19(6-4-17(20)2)11-24(38)21-7-5-18(3)22(12-21)28(29,30)31/h4-7,10,12,15-16,37H,11,13-14H2,1-3H3,(H2,32,33,34)/t16-/m0/s1. The summed E-state index contributed by atoms with van der Waals surface area (Å²) in [6, 6.07) is 8.92. The molecule has 0 aliphatic carbocycles. The summed E-state index contributed by atoms with van der Waals surface area (Å²) >= 11 is 0. The van der Waals surface area contributed by atoms with Crippen LogP contribution in [0.1, 0.15) is 50.8 Å². The van der Waals surface area contributed by atoms with Crippen LogP contribution in [-0.4, -0.2) is 37.2 Å². The number of halogens is 3. The molecule has 0 unspecified atom stereocenters. The molecule has 0 radical (unpaired) electrons. The van der Waals surface area contributed by atoms with Crippen LogP contribution < -0.4 is 5.73 Å². The van der Waals surface area contributed by atoms with E-state index in [2.05, 4.69) is 26.9 Å². The van der Waals surface area contributed by atoms with Crippen molar-refractivity contribution in [2.75, 3.05) is 12.3 Å². The smallest absolute Gasteiger partial charge is 0.396 e. The van der Waals surface area contributed by atoms with Crippen molar-refractivity contribution in [1.82, 2.24) is 19.7 Å². The molecule has 10 heteroatoms. The van der Waals surface area contributed by atoms with Gasteiger partial charge in [0, 0.05) is 30.7 Å². The molecule has 4 aromatic rings. The van der Waals surface area contributed by atoms with Crippen molar-refractivity contribution in [3.8, 4) is 11.8 Å². The number of benzene rings is 2. The zero-order valence-corrected chi connectivity index (χ0v) is 21.1.